The number of aliphatic hydroxyl groups is 3. The third kappa shape index (κ3) is 4.32. The summed E-state index contributed by atoms with van der Waals surface area (Å²) < 4.78 is 14.6. The lowest BCUT2D eigenvalue weighted by atomic mass is 9.99. The molecule has 26 heavy (non-hydrogen) atoms. The number of anilines is 1. The van der Waals surface area contributed by atoms with Crippen molar-refractivity contribution in [3.8, 4) is 11.5 Å². The van der Waals surface area contributed by atoms with Crippen molar-refractivity contribution in [3.05, 3.63) is 18.2 Å². The molecule has 1 heterocycles. The van der Waals surface area contributed by atoms with E-state index in [4.69, 9.17) is 19.3 Å². The Kier molecular flexibility index (Phi) is 6.21. The molecule has 1 aromatic carbocycles. The molecule has 0 bridgehead atoms. The van der Waals surface area contributed by atoms with Crippen molar-refractivity contribution < 1.29 is 49.3 Å². The van der Waals surface area contributed by atoms with Crippen LogP contribution in [-0.2, 0) is 19.1 Å². The first-order valence-corrected chi connectivity index (χ1v) is 7.47. The minimum atomic E-state index is -1.87. The van der Waals surface area contributed by atoms with Gasteiger partial charge in [0.25, 0.3) is 0 Å². The number of carbonyl (C=O) groups excluding carboxylic acids is 1. The molecule has 11 heteroatoms. The van der Waals surface area contributed by atoms with Crippen LogP contribution in [0.4, 0.5) is 5.69 Å². The zero-order valence-corrected chi connectivity index (χ0v) is 13.6. The van der Waals surface area contributed by atoms with Gasteiger partial charge in [0.05, 0.1) is 7.11 Å². The van der Waals surface area contributed by atoms with Gasteiger partial charge in [0.1, 0.15) is 24.9 Å². The fraction of sp³-hybridized carbons (Fsp3) is 0.467. The van der Waals surface area contributed by atoms with Gasteiger partial charge in [-0.15, -0.1) is 0 Å². The van der Waals surface area contributed by atoms with Crippen LogP contribution < -0.4 is 10.1 Å². The number of nitrogens with one attached hydrogen (secondary N) is 1. The zero-order chi connectivity index (χ0) is 19.4. The largest absolute Gasteiger partial charge is 0.504 e. The number of aromatic hydroxyl groups is 1. The Bertz CT molecular complexity index is 666. The highest BCUT2D eigenvalue weighted by atomic mass is 16.7. The van der Waals surface area contributed by atoms with Crippen LogP contribution in [0, 0.1) is 0 Å². The molecular weight excluding hydrogens is 354 g/mol. The molecule has 0 radical (unpaired) electrons. The van der Waals surface area contributed by atoms with Gasteiger partial charge >= 0.3 is 11.9 Å². The number of phenols is 1. The Balaban J connectivity index is 1.95. The summed E-state index contributed by atoms with van der Waals surface area (Å²) in [5.74, 6) is -2.42. The summed E-state index contributed by atoms with van der Waals surface area (Å²) in [6, 6.07) is 4.24. The second-order valence-electron chi connectivity index (χ2n) is 5.47. The van der Waals surface area contributed by atoms with E-state index in [9.17, 15) is 30.0 Å². The standard InChI is InChI=1S/C15H19NO10/c1-24-8-4-6(2-3-7(8)17)16-5-9(18)25-15-12(21)10(19)11(20)13(26-15)14(22)23/h2-4,10-13,15-17,19-21H,5H2,1H3,(H,22,23)/t10-,11-,12+,13-,15?/m0/s1. The topological polar surface area (TPSA) is 175 Å². The molecule has 0 spiro atoms. The molecule has 2 rings (SSSR count). The molecule has 144 valence electrons. The minimum absolute atomic E-state index is 0.0911. The first-order chi connectivity index (χ1) is 12.2. The monoisotopic (exact) mass is 373 g/mol. The summed E-state index contributed by atoms with van der Waals surface area (Å²) in [7, 11) is 1.35. The van der Waals surface area contributed by atoms with Crippen molar-refractivity contribution in [2.75, 3.05) is 19.0 Å². The molecule has 1 saturated heterocycles. The van der Waals surface area contributed by atoms with Crippen molar-refractivity contribution in [2.24, 2.45) is 0 Å². The molecule has 1 aromatic rings. The van der Waals surface area contributed by atoms with Crippen molar-refractivity contribution in [1.29, 1.82) is 0 Å². The number of carboxylic acids is 1. The SMILES string of the molecule is COc1cc(NCC(=O)OC2O[C@H](C(=O)O)[C@@H](O)[C@H](O)[C@H]2O)ccc1O. The number of rotatable bonds is 6. The molecular formula is C15H19NO10. The summed E-state index contributed by atoms with van der Waals surface area (Å²) in [6.45, 7) is -0.392. The summed E-state index contributed by atoms with van der Waals surface area (Å²) in [4.78, 5) is 22.9. The van der Waals surface area contributed by atoms with E-state index in [1.165, 1.54) is 25.3 Å². The number of aliphatic carboxylic acids is 1. The number of benzene rings is 1. The Morgan fingerprint density at radius 2 is 1.88 bits per heavy atom. The van der Waals surface area contributed by atoms with E-state index in [0.29, 0.717) is 5.69 Å². The molecule has 1 unspecified atom stereocenters. The second kappa shape index (κ2) is 8.19. The van der Waals surface area contributed by atoms with Crippen LogP contribution in [0.15, 0.2) is 18.2 Å². The molecule has 6 N–H and O–H groups in total. The number of aliphatic hydroxyl groups excluding tert-OH is 3. The average molecular weight is 373 g/mol. The number of hydrogen-bond acceptors (Lipinski definition) is 10. The lowest BCUT2D eigenvalue weighted by molar-refractivity contribution is -0.285. The number of hydrogen-bond donors (Lipinski definition) is 6. The highest BCUT2D eigenvalue weighted by Gasteiger charge is 2.48. The van der Waals surface area contributed by atoms with Crippen LogP contribution in [0.5, 0.6) is 11.5 Å². The van der Waals surface area contributed by atoms with Crippen LogP contribution in [0.2, 0.25) is 0 Å². The zero-order valence-electron chi connectivity index (χ0n) is 13.6. The van der Waals surface area contributed by atoms with Gasteiger partial charge in [-0.05, 0) is 12.1 Å². The van der Waals surface area contributed by atoms with Crippen molar-refractivity contribution in [2.45, 2.75) is 30.7 Å². The summed E-state index contributed by atoms with van der Waals surface area (Å²) in [6.07, 6.45) is -9.19. The minimum Gasteiger partial charge on any atom is -0.504 e. The van der Waals surface area contributed by atoms with E-state index in [0.717, 1.165) is 0 Å². The molecule has 5 atom stereocenters. The Morgan fingerprint density at radius 3 is 2.50 bits per heavy atom. The molecule has 11 nitrogen and oxygen atoms in total. The summed E-state index contributed by atoms with van der Waals surface area (Å²) in [5, 5.41) is 50.1. The molecule has 0 aromatic heterocycles. The number of esters is 1. The van der Waals surface area contributed by atoms with E-state index in [1.54, 1.807) is 0 Å². The fourth-order valence-electron chi connectivity index (χ4n) is 2.28. The maximum Gasteiger partial charge on any atom is 0.335 e. The quantitative estimate of drug-likeness (QED) is 0.246. The van der Waals surface area contributed by atoms with Crippen LogP contribution in [0.1, 0.15) is 0 Å². The van der Waals surface area contributed by atoms with Gasteiger partial charge < -0.3 is 45.1 Å². The van der Waals surface area contributed by atoms with Crippen LogP contribution in [0.3, 0.4) is 0 Å². The van der Waals surface area contributed by atoms with E-state index in [-0.39, 0.29) is 11.5 Å². The third-order valence-electron chi connectivity index (χ3n) is 3.68. The highest BCUT2D eigenvalue weighted by Crippen LogP contribution is 2.28. The molecule has 1 aliphatic rings. The number of carbonyl (C=O) groups is 2. The van der Waals surface area contributed by atoms with E-state index >= 15 is 0 Å². The number of phenolic OH excluding ortho intramolecular Hbond substituents is 1. The fourth-order valence-corrected chi connectivity index (χ4v) is 2.28. The number of carboxylic acid groups (broad SMARTS) is 1. The molecule has 1 fully saturated rings. The summed E-state index contributed by atoms with van der Waals surface area (Å²) >= 11 is 0. The van der Waals surface area contributed by atoms with E-state index < -0.39 is 49.2 Å². The first kappa shape index (κ1) is 19.7. The van der Waals surface area contributed by atoms with Gasteiger partial charge in [0, 0.05) is 11.8 Å². The van der Waals surface area contributed by atoms with Crippen LogP contribution in [0.25, 0.3) is 0 Å². The lowest BCUT2D eigenvalue weighted by Crippen LogP contribution is -2.60. The normalized spacial score (nSPS) is 28.2. The smallest absolute Gasteiger partial charge is 0.335 e. The molecule has 0 saturated carbocycles. The maximum absolute atomic E-state index is 11.9. The molecule has 0 aliphatic carbocycles. The maximum atomic E-state index is 11.9. The third-order valence-corrected chi connectivity index (χ3v) is 3.68. The molecule has 0 amide bonds. The van der Waals surface area contributed by atoms with Crippen molar-refractivity contribution >= 4 is 17.6 Å². The predicted molar refractivity (Wildman–Crippen MR) is 83.6 cm³/mol. The van der Waals surface area contributed by atoms with E-state index in [1.807, 2.05) is 0 Å². The van der Waals surface area contributed by atoms with Crippen LogP contribution in [-0.4, -0.2) is 81.8 Å². The first-order valence-electron chi connectivity index (χ1n) is 7.47. The van der Waals surface area contributed by atoms with Crippen molar-refractivity contribution in [1.82, 2.24) is 0 Å². The second-order valence-corrected chi connectivity index (χ2v) is 5.47. The van der Waals surface area contributed by atoms with Gasteiger partial charge in [-0.1, -0.05) is 0 Å². The Morgan fingerprint density at radius 1 is 1.19 bits per heavy atom. The average Bonchev–Trinajstić information content (AvgIpc) is 2.61. The van der Waals surface area contributed by atoms with Gasteiger partial charge in [-0.25, -0.2) is 4.79 Å². The van der Waals surface area contributed by atoms with Gasteiger partial charge in [0.2, 0.25) is 6.29 Å². The Hall–Kier alpha value is -2.60. The highest BCUT2D eigenvalue weighted by molar-refractivity contribution is 5.76. The summed E-state index contributed by atoms with van der Waals surface area (Å²) in [5.41, 5.74) is 0.417. The van der Waals surface area contributed by atoms with Gasteiger partial charge in [-0.3, -0.25) is 4.79 Å². The number of methoxy groups -OCH3 is 1. The van der Waals surface area contributed by atoms with Gasteiger partial charge in [0.15, 0.2) is 17.6 Å². The van der Waals surface area contributed by atoms with Crippen molar-refractivity contribution in [3.63, 3.8) is 0 Å². The lowest BCUT2D eigenvalue weighted by Gasteiger charge is -2.37. The van der Waals surface area contributed by atoms with E-state index in [2.05, 4.69) is 5.32 Å². The Labute approximate surface area is 147 Å². The number of ether oxygens (including phenoxy) is 3. The van der Waals surface area contributed by atoms with Gasteiger partial charge in [-0.2, -0.15) is 0 Å². The predicted octanol–water partition coefficient (Wildman–Crippen LogP) is -1.75. The molecule has 1 aliphatic heterocycles. The van der Waals surface area contributed by atoms with Crippen LogP contribution >= 0.6 is 0 Å².